The first-order valence-electron chi connectivity index (χ1n) is 5.99. The largest absolute Gasteiger partial charge is 0.489 e. The van der Waals surface area contributed by atoms with Gasteiger partial charge in [0.2, 0.25) is 0 Å². The lowest BCUT2D eigenvalue weighted by Crippen LogP contribution is -1.96. The number of rotatable bonds is 3. The second-order valence-corrected chi connectivity index (χ2v) is 4.55. The van der Waals surface area contributed by atoms with Crippen LogP contribution in [0.2, 0.25) is 0 Å². The van der Waals surface area contributed by atoms with Crippen molar-refractivity contribution in [2.75, 3.05) is 0 Å². The number of ketones is 1. The number of aromatic nitrogens is 2. The summed E-state index contributed by atoms with van der Waals surface area (Å²) in [4.78, 5) is 11.5. The van der Waals surface area contributed by atoms with Crippen LogP contribution in [-0.4, -0.2) is 15.6 Å². The average molecular weight is 242 g/mol. The molecule has 0 fully saturated rings. The fraction of sp³-hybridized carbons (Fsp3) is 0.286. The van der Waals surface area contributed by atoms with Crippen molar-refractivity contribution in [2.45, 2.75) is 19.4 Å². The molecule has 0 saturated carbocycles. The van der Waals surface area contributed by atoms with Gasteiger partial charge in [0.1, 0.15) is 12.4 Å². The van der Waals surface area contributed by atoms with Crippen molar-refractivity contribution in [2.24, 2.45) is 7.05 Å². The first-order chi connectivity index (χ1) is 8.72. The van der Waals surface area contributed by atoms with Crippen molar-refractivity contribution in [3.8, 4) is 5.75 Å². The highest BCUT2D eigenvalue weighted by Crippen LogP contribution is 2.26. The minimum atomic E-state index is 0.240. The lowest BCUT2D eigenvalue weighted by Gasteiger charge is -2.06. The molecule has 0 radical (unpaired) electrons. The Morgan fingerprint density at radius 1 is 1.39 bits per heavy atom. The van der Waals surface area contributed by atoms with Crippen molar-refractivity contribution in [3.05, 3.63) is 47.3 Å². The Hall–Kier alpha value is -2.10. The third kappa shape index (κ3) is 2.01. The minimum absolute atomic E-state index is 0.240. The molecule has 1 aromatic heterocycles. The molecule has 3 rings (SSSR count). The summed E-state index contributed by atoms with van der Waals surface area (Å²) in [7, 11) is 1.88. The van der Waals surface area contributed by atoms with E-state index in [-0.39, 0.29) is 5.78 Å². The Morgan fingerprint density at radius 2 is 2.28 bits per heavy atom. The summed E-state index contributed by atoms with van der Waals surface area (Å²) in [6, 6.07) is 5.69. The van der Waals surface area contributed by atoms with Gasteiger partial charge in [-0.05, 0) is 30.2 Å². The predicted octanol–water partition coefficient (Wildman–Crippen LogP) is 2.13. The van der Waals surface area contributed by atoms with Gasteiger partial charge in [0.05, 0.1) is 6.20 Å². The summed E-state index contributed by atoms with van der Waals surface area (Å²) in [5.41, 5.74) is 2.99. The molecule has 0 bridgehead atoms. The van der Waals surface area contributed by atoms with Crippen molar-refractivity contribution in [1.82, 2.24) is 9.78 Å². The van der Waals surface area contributed by atoms with Crippen LogP contribution < -0.4 is 4.74 Å². The number of ether oxygens (including phenoxy) is 1. The highest BCUT2D eigenvalue weighted by molar-refractivity contribution is 6.00. The summed E-state index contributed by atoms with van der Waals surface area (Å²) in [6.07, 6.45) is 5.17. The zero-order valence-electron chi connectivity index (χ0n) is 10.2. The molecule has 4 heteroatoms. The van der Waals surface area contributed by atoms with E-state index in [1.807, 2.05) is 31.4 Å². The fourth-order valence-electron chi connectivity index (χ4n) is 2.23. The van der Waals surface area contributed by atoms with Gasteiger partial charge >= 0.3 is 0 Å². The van der Waals surface area contributed by atoms with Gasteiger partial charge in [0, 0.05) is 30.8 Å². The SMILES string of the molecule is Cn1cc(COc2ccc3c(c2)CCC3=O)cn1. The highest BCUT2D eigenvalue weighted by Gasteiger charge is 2.19. The van der Waals surface area contributed by atoms with Gasteiger partial charge in [-0.1, -0.05) is 0 Å². The molecule has 1 aromatic carbocycles. The molecule has 0 amide bonds. The molecule has 18 heavy (non-hydrogen) atoms. The van der Waals surface area contributed by atoms with Crippen LogP contribution in [-0.2, 0) is 20.1 Å². The Balaban J connectivity index is 1.72. The van der Waals surface area contributed by atoms with Gasteiger partial charge in [0.15, 0.2) is 5.78 Å². The number of fused-ring (bicyclic) bond motifs is 1. The lowest BCUT2D eigenvalue weighted by atomic mass is 10.1. The molecule has 2 aromatic rings. The van der Waals surface area contributed by atoms with Crippen LogP contribution in [0.3, 0.4) is 0 Å². The molecule has 0 N–H and O–H groups in total. The van der Waals surface area contributed by atoms with Crippen LogP contribution in [0.4, 0.5) is 0 Å². The van der Waals surface area contributed by atoms with E-state index in [4.69, 9.17) is 4.74 Å². The maximum absolute atomic E-state index is 11.5. The van der Waals surface area contributed by atoms with E-state index in [1.54, 1.807) is 10.9 Å². The summed E-state index contributed by atoms with van der Waals surface area (Å²) in [5.74, 6) is 1.05. The first-order valence-corrected chi connectivity index (χ1v) is 5.99. The Kier molecular flexibility index (Phi) is 2.63. The number of aryl methyl sites for hydroxylation is 2. The van der Waals surface area contributed by atoms with Crippen LogP contribution in [0.15, 0.2) is 30.6 Å². The highest BCUT2D eigenvalue weighted by atomic mass is 16.5. The topological polar surface area (TPSA) is 44.1 Å². The predicted molar refractivity (Wildman–Crippen MR) is 66.6 cm³/mol. The number of carbonyl (C=O) groups is 1. The van der Waals surface area contributed by atoms with Crippen LogP contribution in [0.1, 0.15) is 27.9 Å². The third-order valence-corrected chi connectivity index (χ3v) is 3.16. The van der Waals surface area contributed by atoms with Crippen molar-refractivity contribution >= 4 is 5.78 Å². The molecule has 0 atom stereocenters. The molecule has 0 aliphatic heterocycles. The van der Waals surface area contributed by atoms with Gasteiger partial charge in [0.25, 0.3) is 0 Å². The maximum Gasteiger partial charge on any atom is 0.163 e. The molecular weight excluding hydrogens is 228 g/mol. The van der Waals surface area contributed by atoms with Crippen LogP contribution >= 0.6 is 0 Å². The van der Waals surface area contributed by atoms with Crippen molar-refractivity contribution < 1.29 is 9.53 Å². The van der Waals surface area contributed by atoms with Crippen molar-refractivity contribution in [1.29, 1.82) is 0 Å². The summed E-state index contributed by atoms with van der Waals surface area (Å²) in [5, 5.41) is 4.09. The molecule has 1 aliphatic rings. The third-order valence-electron chi connectivity index (χ3n) is 3.16. The van der Waals surface area contributed by atoms with E-state index in [1.165, 1.54) is 0 Å². The second kappa shape index (κ2) is 4.29. The van der Waals surface area contributed by atoms with Crippen LogP contribution in [0, 0.1) is 0 Å². The molecular formula is C14H14N2O2. The van der Waals surface area contributed by atoms with Gasteiger partial charge < -0.3 is 4.74 Å². The number of benzene rings is 1. The van der Waals surface area contributed by atoms with E-state index < -0.39 is 0 Å². The molecule has 0 saturated heterocycles. The summed E-state index contributed by atoms with van der Waals surface area (Å²) < 4.78 is 7.45. The molecule has 92 valence electrons. The molecule has 1 aliphatic carbocycles. The summed E-state index contributed by atoms with van der Waals surface area (Å²) in [6.45, 7) is 0.501. The van der Waals surface area contributed by atoms with Gasteiger partial charge in [-0.25, -0.2) is 0 Å². The number of nitrogens with zero attached hydrogens (tertiary/aromatic N) is 2. The Labute approximate surface area is 105 Å². The van der Waals surface area contributed by atoms with Crippen LogP contribution in [0.25, 0.3) is 0 Å². The lowest BCUT2D eigenvalue weighted by molar-refractivity contribution is 0.0994. The molecule has 4 nitrogen and oxygen atoms in total. The van der Waals surface area contributed by atoms with Crippen molar-refractivity contribution in [3.63, 3.8) is 0 Å². The molecule has 0 unspecified atom stereocenters. The Morgan fingerprint density at radius 3 is 3.06 bits per heavy atom. The molecule has 0 spiro atoms. The van der Waals surface area contributed by atoms with Gasteiger partial charge in [-0.2, -0.15) is 5.10 Å². The standard InChI is InChI=1S/C14H14N2O2/c1-16-8-10(7-15-16)9-18-12-3-4-13-11(6-12)2-5-14(13)17/h3-4,6-8H,2,5,9H2,1H3. The molecule has 1 heterocycles. The quantitative estimate of drug-likeness (QED) is 0.828. The van der Waals surface area contributed by atoms with E-state index in [0.717, 1.165) is 28.9 Å². The monoisotopic (exact) mass is 242 g/mol. The second-order valence-electron chi connectivity index (χ2n) is 4.55. The minimum Gasteiger partial charge on any atom is -0.489 e. The zero-order chi connectivity index (χ0) is 12.5. The van der Waals surface area contributed by atoms with Crippen LogP contribution in [0.5, 0.6) is 5.75 Å². The first kappa shape index (κ1) is 11.0. The van der Waals surface area contributed by atoms with Gasteiger partial charge in [-0.3, -0.25) is 9.48 Å². The number of Topliss-reactive ketones (excluding diaryl/α,β-unsaturated/α-hetero) is 1. The fourth-order valence-corrected chi connectivity index (χ4v) is 2.23. The summed E-state index contributed by atoms with van der Waals surface area (Å²) >= 11 is 0. The average Bonchev–Trinajstić information content (AvgIpc) is 2.94. The van der Waals surface area contributed by atoms with E-state index in [2.05, 4.69) is 5.10 Å². The Bertz CT molecular complexity index is 602. The zero-order valence-corrected chi connectivity index (χ0v) is 10.2. The normalized spacial score (nSPS) is 13.7. The van der Waals surface area contributed by atoms with Gasteiger partial charge in [-0.15, -0.1) is 0 Å². The number of carbonyl (C=O) groups excluding carboxylic acids is 1. The van der Waals surface area contributed by atoms with E-state index >= 15 is 0 Å². The number of hydrogen-bond acceptors (Lipinski definition) is 3. The number of hydrogen-bond donors (Lipinski definition) is 0. The van der Waals surface area contributed by atoms with E-state index in [0.29, 0.717) is 13.0 Å². The smallest absolute Gasteiger partial charge is 0.163 e. The van der Waals surface area contributed by atoms with E-state index in [9.17, 15) is 4.79 Å². The maximum atomic E-state index is 11.5.